The van der Waals surface area contributed by atoms with Crippen molar-refractivity contribution in [2.75, 3.05) is 0 Å². The molecule has 0 heteroatoms. The minimum Gasteiger partial charge on any atom is -0.0851 e. The van der Waals surface area contributed by atoms with Gasteiger partial charge in [-0.25, -0.2) is 0 Å². The van der Waals surface area contributed by atoms with Crippen LogP contribution in [-0.2, 0) is 12.8 Å². The molecule has 4 aliphatic carbocycles. The first-order valence-corrected chi connectivity index (χ1v) is 9.62. The fourth-order valence-electron chi connectivity index (χ4n) is 6.14. The topological polar surface area (TPSA) is 0 Å². The SMILES string of the molecule is C1=CC2CC1CC21CCc2ccc(C3CCCCC3)cc2C1. The van der Waals surface area contributed by atoms with Crippen molar-refractivity contribution < 1.29 is 0 Å². The normalized spacial score (nSPS) is 36.9. The zero-order valence-corrected chi connectivity index (χ0v) is 13.7. The van der Waals surface area contributed by atoms with Crippen molar-refractivity contribution in [3.63, 3.8) is 0 Å². The summed E-state index contributed by atoms with van der Waals surface area (Å²) in [4.78, 5) is 0. The third-order valence-electron chi connectivity index (χ3n) is 7.37. The zero-order valence-electron chi connectivity index (χ0n) is 13.7. The molecule has 5 rings (SSSR count). The molecule has 0 amide bonds. The summed E-state index contributed by atoms with van der Waals surface area (Å²) in [6, 6.07) is 7.57. The lowest BCUT2D eigenvalue weighted by Gasteiger charge is -2.40. The van der Waals surface area contributed by atoms with Crippen LogP contribution in [0.4, 0.5) is 0 Å². The van der Waals surface area contributed by atoms with Gasteiger partial charge >= 0.3 is 0 Å². The van der Waals surface area contributed by atoms with E-state index in [1.807, 2.05) is 0 Å². The summed E-state index contributed by atoms with van der Waals surface area (Å²) in [6.07, 6.45) is 19.3. The van der Waals surface area contributed by atoms with Gasteiger partial charge in [-0.1, -0.05) is 49.6 Å². The molecule has 0 aliphatic heterocycles. The monoisotopic (exact) mass is 292 g/mol. The van der Waals surface area contributed by atoms with Crippen molar-refractivity contribution >= 4 is 0 Å². The summed E-state index contributed by atoms with van der Waals surface area (Å²) >= 11 is 0. The molecule has 0 heterocycles. The van der Waals surface area contributed by atoms with E-state index in [0.29, 0.717) is 5.41 Å². The van der Waals surface area contributed by atoms with Gasteiger partial charge in [-0.2, -0.15) is 0 Å². The van der Waals surface area contributed by atoms with Crippen LogP contribution in [0.15, 0.2) is 30.4 Å². The highest BCUT2D eigenvalue weighted by molar-refractivity contribution is 5.38. The van der Waals surface area contributed by atoms with Gasteiger partial charge in [-0.15, -0.1) is 0 Å². The number of rotatable bonds is 1. The lowest BCUT2D eigenvalue weighted by molar-refractivity contribution is 0.195. The lowest BCUT2D eigenvalue weighted by atomic mass is 9.64. The maximum absolute atomic E-state index is 2.63. The Hall–Kier alpha value is -1.04. The maximum atomic E-state index is 2.63. The predicted octanol–water partition coefficient (Wildman–Crippen LogP) is 5.81. The second-order valence-electron chi connectivity index (χ2n) is 8.59. The van der Waals surface area contributed by atoms with E-state index in [2.05, 4.69) is 30.4 Å². The number of fused-ring (bicyclic) bond motifs is 4. The maximum Gasteiger partial charge on any atom is -0.0162 e. The Kier molecular flexibility index (Phi) is 3.03. The van der Waals surface area contributed by atoms with Gasteiger partial charge in [0, 0.05) is 0 Å². The van der Waals surface area contributed by atoms with Crippen molar-refractivity contribution in [3.8, 4) is 0 Å². The van der Waals surface area contributed by atoms with Gasteiger partial charge in [-0.3, -0.25) is 0 Å². The van der Waals surface area contributed by atoms with E-state index in [9.17, 15) is 0 Å². The van der Waals surface area contributed by atoms with Crippen molar-refractivity contribution in [1.29, 1.82) is 0 Å². The molecule has 0 radical (unpaired) electrons. The molecule has 2 fully saturated rings. The van der Waals surface area contributed by atoms with Crippen molar-refractivity contribution in [3.05, 3.63) is 47.0 Å². The zero-order chi connectivity index (χ0) is 14.6. The van der Waals surface area contributed by atoms with Crippen LogP contribution in [-0.4, -0.2) is 0 Å². The fraction of sp³-hybridized carbons (Fsp3) is 0.636. The van der Waals surface area contributed by atoms with Gasteiger partial charge in [0.15, 0.2) is 0 Å². The van der Waals surface area contributed by atoms with Crippen molar-refractivity contribution in [2.45, 2.75) is 70.1 Å². The quantitative estimate of drug-likeness (QED) is 0.573. The van der Waals surface area contributed by atoms with E-state index in [1.165, 1.54) is 64.2 Å². The highest BCUT2D eigenvalue weighted by Crippen LogP contribution is 2.57. The molecule has 0 aromatic heterocycles. The summed E-state index contributed by atoms with van der Waals surface area (Å²) in [5, 5.41) is 0. The first-order valence-electron chi connectivity index (χ1n) is 9.62. The van der Waals surface area contributed by atoms with Gasteiger partial charge in [0.05, 0.1) is 0 Å². The molecule has 3 unspecified atom stereocenters. The highest BCUT2D eigenvalue weighted by Gasteiger charge is 2.49. The number of benzene rings is 1. The average Bonchev–Trinajstić information content (AvgIpc) is 3.16. The molecule has 3 atom stereocenters. The Morgan fingerprint density at radius 1 is 0.955 bits per heavy atom. The molecule has 0 N–H and O–H groups in total. The van der Waals surface area contributed by atoms with Gasteiger partial charge < -0.3 is 0 Å². The van der Waals surface area contributed by atoms with Crippen LogP contribution in [0.25, 0.3) is 0 Å². The van der Waals surface area contributed by atoms with E-state index in [1.54, 1.807) is 16.7 Å². The molecule has 4 aliphatic rings. The molecular formula is C22H28. The van der Waals surface area contributed by atoms with Gasteiger partial charge in [-0.05, 0) is 84.8 Å². The van der Waals surface area contributed by atoms with E-state index < -0.39 is 0 Å². The van der Waals surface area contributed by atoms with Crippen LogP contribution in [0.1, 0.15) is 74.0 Å². The number of aryl methyl sites for hydroxylation is 1. The van der Waals surface area contributed by atoms with E-state index in [-0.39, 0.29) is 0 Å². The largest absolute Gasteiger partial charge is 0.0851 e. The van der Waals surface area contributed by atoms with Crippen molar-refractivity contribution in [2.24, 2.45) is 17.3 Å². The number of allylic oxidation sites excluding steroid dienone is 2. The summed E-state index contributed by atoms with van der Waals surface area (Å²) in [5.74, 6) is 2.66. The predicted molar refractivity (Wildman–Crippen MR) is 92.1 cm³/mol. The molecule has 0 saturated heterocycles. The Morgan fingerprint density at radius 3 is 2.64 bits per heavy atom. The molecule has 0 nitrogen and oxygen atoms in total. The number of hydrogen-bond acceptors (Lipinski definition) is 0. The summed E-state index contributed by atoms with van der Waals surface area (Å²) < 4.78 is 0. The average molecular weight is 292 g/mol. The Balaban J connectivity index is 1.44. The van der Waals surface area contributed by atoms with Crippen LogP contribution in [0.2, 0.25) is 0 Å². The Labute approximate surface area is 135 Å². The van der Waals surface area contributed by atoms with Gasteiger partial charge in [0.2, 0.25) is 0 Å². The summed E-state index contributed by atoms with van der Waals surface area (Å²) in [5.41, 5.74) is 5.68. The molecule has 116 valence electrons. The third kappa shape index (κ3) is 2.02. The fourth-order valence-corrected chi connectivity index (χ4v) is 6.14. The van der Waals surface area contributed by atoms with Crippen molar-refractivity contribution in [1.82, 2.24) is 0 Å². The van der Waals surface area contributed by atoms with Crippen LogP contribution in [0.3, 0.4) is 0 Å². The minimum atomic E-state index is 0.637. The second kappa shape index (κ2) is 4.98. The molecule has 2 bridgehead atoms. The van der Waals surface area contributed by atoms with Crippen LogP contribution >= 0.6 is 0 Å². The summed E-state index contributed by atoms with van der Waals surface area (Å²) in [7, 11) is 0. The standard InChI is InChI=1S/C22H28/c1-2-4-17(5-3-1)19-8-7-18-10-11-22(15-20(18)13-19)14-16-6-9-21(22)12-16/h6-9,13,16-17,21H,1-5,10-12,14-15H2. The second-order valence-corrected chi connectivity index (χ2v) is 8.59. The van der Waals surface area contributed by atoms with Crippen LogP contribution < -0.4 is 0 Å². The molecule has 1 aromatic carbocycles. The van der Waals surface area contributed by atoms with E-state index in [4.69, 9.17) is 0 Å². The van der Waals surface area contributed by atoms with Gasteiger partial charge in [0.1, 0.15) is 0 Å². The highest BCUT2D eigenvalue weighted by atomic mass is 14.5. The Bertz CT molecular complexity index is 604. The summed E-state index contributed by atoms with van der Waals surface area (Å²) in [6.45, 7) is 0. The smallest absolute Gasteiger partial charge is 0.0162 e. The number of hydrogen-bond donors (Lipinski definition) is 0. The van der Waals surface area contributed by atoms with Gasteiger partial charge in [0.25, 0.3) is 0 Å². The molecule has 22 heavy (non-hydrogen) atoms. The molecule has 2 saturated carbocycles. The lowest BCUT2D eigenvalue weighted by Crippen LogP contribution is -2.33. The Morgan fingerprint density at radius 2 is 1.86 bits per heavy atom. The minimum absolute atomic E-state index is 0.637. The van der Waals surface area contributed by atoms with Crippen LogP contribution in [0, 0.1) is 17.3 Å². The third-order valence-corrected chi connectivity index (χ3v) is 7.37. The first kappa shape index (κ1) is 13.4. The first-order chi connectivity index (χ1) is 10.8. The molecule has 1 spiro atoms. The van der Waals surface area contributed by atoms with Crippen LogP contribution in [0.5, 0.6) is 0 Å². The molecule has 1 aromatic rings. The molecular weight excluding hydrogens is 264 g/mol. The van der Waals surface area contributed by atoms with E-state index in [0.717, 1.165) is 17.8 Å². The van der Waals surface area contributed by atoms with E-state index >= 15 is 0 Å².